The van der Waals surface area contributed by atoms with Crippen LogP contribution in [0.2, 0.25) is 0 Å². The third kappa shape index (κ3) is 2.23. The van der Waals surface area contributed by atoms with Crippen LogP contribution in [0.15, 0.2) is 73.0 Å². The Labute approximate surface area is 135 Å². The zero-order valence-electron chi connectivity index (χ0n) is 12.8. The van der Waals surface area contributed by atoms with Crippen molar-refractivity contribution in [2.75, 3.05) is 0 Å². The maximum Gasteiger partial charge on any atom is 0.189 e. The Morgan fingerprint density at radius 3 is 2.70 bits per heavy atom. The first kappa shape index (κ1) is 13.8. The van der Waals surface area contributed by atoms with Gasteiger partial charge in [0, 0.05) is 46.8 Å². The lowest BCUT2D eigenvalue weighted by Crippen LogP contribution is -1.94. The van der Waals surface area contributed by atoms with Gasteiger partial charge in [-0.1, -0.05) is 48.5 Å². The van der Waals surface area contributed by atoms with Crippen LogP contribution < -0.4 is 0 Å². The fourth-order valence-electron chi connectivity index (χ4n) is 3.34. The molecule has 0 radical (unpaired) electrons. The van der Waals surface area contributed by atoms with Gasteiger partial charge in [0.15, 0.2) is 5.78 Å². The Kier molecular flexibility index (Phi) is 3.23. The summed E-state index contributed by atoms with van der Waals surface area (Å²) in [5.41, 5.74) is 5.10. The van der Waals surface area contributed by atoms with Crippen LogP contribution in [-0.4, -0.2) is 10.4 Å². The number of para-hydroxylation sites is 1. The van der Waals surface area contributed by atoms with Crippen LogP contribution >= 0.6 is 0 Å². The third-order valence-electron chi connectivity index (χ3n) is 4.41. The molecule has 0 unspecified atom stereocenters. The lowest BCUT2D eigenvalue weighted by Gasteiger charge is -1.98. The molecule has 112 valence electrons. The van der Waals surface area contributed by atoms with Crippen molar-refractivity contribution in [3.63, 3.8) is 0 Å². The van der Waals surface area contributed by atoms with Crippen LogP contribution in [0.4, 0.5) is 0 Å². The van der Waals surface area contributed by atoms with E-state index in [9.17, 15) is 4.79 Å². The SMILES string of the molecule is C=CCn1cc(/C=C2\Cc3ccccc3C2=O)c2ccccc21. The molecule has 0 atom stereocenters. The lowest BCUT2D eigenvalue weighted by molar-refractivity contribution is 0.104. The number of fused-ring (bicyclic) bond motifs is 2. The molecule has 1 heterocycles. The first-order chi connectivity index (χ1) is 11.3. The summed E-state index contributed by atoms with van der Waals surface area (Å²) in [6.07, 6.45) is 6.76. The molecular formula is C21H17NO. The predicted molar refractivity (Wildman–Crippen MR) is 94.6 cm³/mol. The number of allylic oxidation sites excluding steroid dienone is 2. The second kappa shape index (κ2) is 5.40. The van der Waals surface area contributed by atoms with Crippen molar-refractivity contribution >= 4 is 22.8 Å². The van der Waals surface area contributed by atoms with E-state index in [2.05, 4.69) is 29.5 Å². The summed E-state index contributed by atoms with van der Waals surface area (Å²) in [5.74, 6) is 0.154. The van der Waals surface area contributed by atoms with Crippen molar-refractivity contribution in [2.45, 2.75) is 13.0 Å². The van der Waals surface area contributed by atoms with Gasteiger partial charge in [0.1, 0.15) is 0 Å². The highest BCUT2D eigenvalue weighted by Crippen LogP contribution is 2.30. The molecule has 0 saturated carbocycles. The van der Waals surface area contributed by atoms with Gasteiger partial charge in [-0.3, -0.25) is 4.79 Å². The number of carbonyl (C=O) groups is 1. The first-order valence-electron chi connectivity index (χ1n) is 7.80. The molecule has 2 aromatic carbocycles. The average molecular weight is 299 g/mol. The minimum Gasteiger partial charge on any atom is -0.343 e. The molecule has 0 N–H and O–H groups in total. The van der Waals surface area contributed by atoms with E-state index in [1.54, 1.807) is 0 Å². The molecule has 0 amide bonds. The van der Waals surface area contributed by atoms with Gasteiger partial charge >= 0.3 is 0 Å². The van der Waals surface area contributed by atoms with E-state index in [0.717, 1.165) is 35.2 Å². The van der Waals surface area contributed by atoms with Gasteiger partial charge in [0.2, 0.25) is 0 Å². The van der Waals surface area contributed by atoms with Gasteiger partial charge < -0.3 is 4.57 Å². The summed E-state index contributed by atoms with van der Waals surface area (Å²) in [6.45, 7) is 4.59. The largest absolute Gasteiger partial charge is 0.343 e. The Morgan fingerprint density at radius 2 is 1.87 bits per heavy atom. The van der Waals surface area contributed by atoms with Gasteiger partial charge in [0.05, 0.1) is 0 Å². The van der Waals surface area contributed by atoms with Crippen LogP contribution in [0.3, 0.4) is 0 Å². The molecule has 2 nitrogen and oxygen atoms in total. The van der Waals surface area contributed by atoms with Crippen molar-refractivity contribution < 1.29 is 4.79 Å². The standard InChI is InChI=1S/C21H17NO/c1-2-11-22-14-17(18-8-5-6-10-20(18)22)13-16-12-15-7-3-4-9-19(15)21(16)23/h2-10,13-14H,1,11-12H2/b16-13+. The summed E-state index contributed by atoms with van der Waals surface area (Å²) < 4.78 is 2.17. The van der Waals surface area contributed by atoms with Crippen LogP contribution in [0.25, 0.3) is 17.0 Å². The molecule has 0 bridgehead atoms. The van der Waals surface area contributed by atoms with Crippen molar-refractivity contribution in [3.05, 3.63) is 89.6 Å². The zero-order valence-corrected chi connectivity index (χ0v) is 12.8. The highest BCUT2D eigenvalue weighted by molar-refractivity contribution is 6.16. The van der Waals surface area contributed by atoms with Crippen molar-refractivity contribution in [1.29, 1.82) is 0 Å². The minimum absolute atomic E-state index is 0.154. The first-order valence-corrected chi connectivity index (χ1v) is 7.80. The quantitative estimate of drug-likeness (QED) is 0.509. The topological polar surface area (TPSA) is 22.0 Å². The molecule has 1 aliphatic rings. The summed E-state index contributed by atoms with van der Waals surface area (Å²) in [6, 6.07) is 16.2. The highest BCUT2D eigenvalue weighted by atomic mass is 16.1. The molecular weight excluding hydrogens is 282 g/mol. The number of hydrogen-bond acceptors (Lipinski definition) is 1. The molecule has 3 aromatic rings. The van der Waals surface area contributed by atoms with E-state index < -0.39 is 0 Å². The fourth-order valence-corrected chi connectivity index (χ4v) is 3.34. The Hall–Kier alpha value is -2.87. The summed E-state index contributed by atoms with van der Waals surface area (Å²) in [4.78, 5) is 12.6. The van der Waals surface area contributed by atoms with Crippen molar-refractivity contribution in [3.8, 4) is 0 Å². The zero-order chi connectivity index (χ0) is 15.8. The maximum absolute atomic E-state index is 12.6. The van der Waals surface area contributed by atoms with E-state index in [4.69, 9.17) is 0 Å². The van der Waals surface area contributed by atoms with E-state index in [1.807, 2.05) is 48.6 Å². The second-order valence-corrected chi connectivity index (χ2v) is 5.88. The number of aromatic nitrogens is 1. The number of nitrogens with zero attached hydrogens (tertiary/aromatic N) is 1. The van der Waals surface area contributed by atoms with Gasteiger partial charge in [-0.25, -0.2) is 0 Å². The molecule has 1 aliphatic carbocycles. The minimum atomic E-state index is 0.154. The number of benzene rings is 2. The monoisotopic (exact) mass is 299 g/mol. The average Bonchev–Trinajstić information content (AvgIpc) is 3.08. The summed E-state index contributed by atoms with van der Waals surface area (Å²) >= 11 is 0. The van der Waals surface area contributed by atoms with E-state index >= 15 is 0 Å². The number of ketones is 1. The maximum atomic E-state index is 12.6. The van der Waals surface area contributed by atoms with Crippen LogP contribution in [0, 0.1) is 0 Å². The predicted octanol–water partition coefficient (Wildman–Crippen LogP) is 4.65. The Morgan fingerprint density at radius 1 is 1.09 bits per heavy atom. The summed E-state index contributed by atoms with van der Waals surface area (Å²) in [7, 11) is 0. The Bertz CT molecular complexity index is 959. The number of Topliss-reactive ketones (excluding diaryl/α,β-unsaturated/α-hetero) is 1. The molecule has 23 heavy (non-hydrogen) atoms. The molecule has 4 rings (SSSR count). The van der Waals surface area contributed by atoms with E-state index in [-0.39, 0.29) is 5.78 Å². The Balaban J connectivity index is 1.82. The van der Waals surface area contributed by atoms with E-state index in [1.165, 1.54) is 10.9 Å². The summed E-state index contributed by atoms with van der Waals surface area (Å²) in [5, 5.41) is 1.17. The highest BCUT2D eigenvalue weighted by Gasteiger charge is 2.24. The second-order valence-electron chi connectivity index (χ2n) is 5.88. The molecule has 2 heteroatoms. The van der Waals surface area contributed by atoms with Crippen LogP contribution in [0.1, 0.15) is 21.5 Å². The third-order valence-corrected chi connectivity index (χ3v) is 4.41. The molecule has 1 aromatic heterocycles. The number of carbonyl (C=O) groups excluding carboxylic acids is 1. The van der Waals surface area contributed by atoms with Crippen LogP contribution in [-0.2, 0) is 13.0 Å². The normalized spacial score (nSPS) is 15.3. The van der Waals surface area contributed by atoms with Crippen LogP contribution in [0.5, 0.6) is 0 Å². The number of hydrogen-bond donors (Lipinski definition) is 0. The van der Waals surface area contributed by atoms with Crippen molar-refractivity contribution in [2.24, 2.45) is 0 Å². The van der Waals surface area contributed by atoms with Crippen molar-refractivity contribution in [1.82, 2.24) is 4.57 Å². The molecule has 0 fully saturated rings. The molecule has 0 saturated heterocycles. The van der Waals surface area contributed by atoms with E-state index in [0.29, 0.717) is 0 Å². The van der Waals surface area contributed by atoms with Gasteiger partial charge in [-0.15, -0.1) is 6.58 Å². The number of rotatable bonds is 3. The van der Waals surface area contributed by atoms with Gasteiger partial charge in [-0.2, -0.15) is 0 Å². The lowest BCUT2D eigenvalue weighted by atomic mass is 10.1. The van der Waals surface area contributed by atoms with Gasteiger partial charge in [-0.05, 0) is 17.7 Å². The molecule has 0 aliphatic heterocycles. The van der Waals surface area contributed by atoms with Gasteiger partial charge in [0.25, 0.3) is 0 Å². The smallest absolute Gasteiger partial charge is 0.189 e. The fraction of sp³-hybridized carbons (Fsp3) is 0.0952. The molecule has 0 spiro atoms.